The van der Waals surface area contributed by atoms with Gasteiger partial charge in [-0.1, -0.05) is 48.0 Å². The van der Waals surface area contributed by atoms with Crippen molar-refractivity contribution in [1.82, 2.24) is 9.80 Å². The molecule has 1 aliphatic heterocycles. The van der Waals surface area contributed by atoms with Crippen LogP contribution in [-0.2, 0) is 4.79 Å². The molecule has 0 aromatic heterocycles. The van der Waals surface area contributed by atoms with Crippen LogP contribution in [0.5, 0.6) is 0 Å². The number of hydrogen-bond donors (Lipinski definition) is 1. The average molecular weight is 358 g/mol. The van der Waals surface area contributed by atoms with Gasteiger partial charge in [-0.3, -0.25) is 9.69 Å². The normalized spacial score (nSPS) is 17.2. The predicted molar refractivity (Wildman–Crippen MR) is 103 cm³/mol. The van der Waals surface area contributed by atoms with E-state index in [1.807, 2.05) is 55.5 Å². The van der Waals surface area contributed by atoms with Gasteiger partial charge in [0.15, 0.2) is 0 Å². The molecule has 0 radical (unpaired) electrons. The molecule has 0 aliphatic carbocycles. The zero-order valence-electron chi connectivity index (χ0n) is 14.7. The Hall–Kier alpha value is -1.88. The molecule has 0 spiro atoms. The number of halogens is 1. The molecule has 1 unspecified atom stereocenters. The smallest absolute Gasteiger partial charge is 0.246 e. The van der Waals surface area contributed by atoms with Crippen molar-refractivity contribution in [3.05, 3.63) is 64.7 Å². The fraction of sp³-hybridized carbons (Fsp3) is 0.350. The van der Waals surface area contributed by atoms with Crippen LogP contribution in [-0.4, -0.2) is 48.9 Å². The van der Waals surface area contributed by atoms with E-state index in [1.165, 1.54) is 0 Å². The third kappa shape index (κ3) is 4.40. The lowest BCUT2D eigenvalue weighted by Crippen LogP contribution is -2.48. The van der Waals surface area contributed by atoms with Gasteiger partial charge in [0, 0.05) is 26.2 Å². The van der Waals surface area contributed by atoms with Crippen molar-refractivity contribution in [2.75, 3.05) is 38.5 Å². The highest BCUT2D eigenvalue weighted by Crippen LogP contribution is 2.27. The highest BCUT2D eigenvalue weighted by atomic mass is 35.5. The first-order valence-corrected chi connectivity index (χ1v) is 8.97. The summed E-state index contributed by atoms with van der Waals surface area (Å²) in [5.74, 6) is -0.0403. The molecule has 1 N–H and O–H groups in total. The van der Waals surface area contributed by atoms with Crippen LogP contribution in [0.25, 0.3) is 0 Å². The standard InChI is InChI=1S/C20H24ClN3O/c1-15-8-9-18(17(21)14-15)22-20(25)19(16-6-4-3-5-7-16)24-12-10-23(2)11-13-24/h3-9,14,19H,10-13H2,1-2H3,(H,22,25). The van der Waals surface area contributed by atoms with E-state index in [4.69, 9.17) is 11.6 Å². The van der Waals surface area contributed by atoms with Crippen LogP contribution >= 0.6 is 11.6 Å². The molecule has 2 aromatic carbocycles. The van der Waals surface area contributed by atoms with Crippen molar-refractivity contribution in [1.29, 1.82) is 0 Å². The minimum Gasteiger partial charge on any atom is -0.323 e. The Kier molecular flexibility index (Phi) is 5.74. The fourth-order valence-corrected chi connectivity index (χ4v) is 3.45. The fourth-order valence-electron chi connectivity index (χ4n) is 3.17. The van der Waals surface area contributed by atoms with Crippen molar-refractivity contribution in [2.45, 2.75) is 13.0 Å². The molecule has 3 rings (SSSR count). The Morgan fingerprint density at radius 2 is 1.76 bits per heavy atom. The van der Waals surface area contributed by atoms with E-state index in [9.17, 15) is 4.79 Å². The monoisotopic (exact) mass is 357 g/mol. The van der Waals surface area contributed by atoms with Crippen molar-refractivity contribution < 1.29 is 4.79 Å². The number of amides is 1. The van der Waals surface area contributed by atoms with Gasteiger partial charge >= 0.3 is 0 Å². The van der Waals surface area contributed by atoms with Gasteiger partial charge in [0.1, 0.15) is 6.04 Å². The number of carbonyl (C=O) groups excluding carboxylic acids is 1. The molecule has 0 bridgehead atoms. The molecule has 1 saturated heterocycles. The number of carbonyl (C=O) groups is 1. The molecule has 1 heterocycles. The second-order valence-corrected chi connectivity index (χ2v) is 7.03. The van der Waals surface area contributed by atoms with Gasteiger partial charge in [-0.25, -0.2) is 0 Å². The number of rotatable bonds is 4. The molecule has 1 atom stereocenters. The number of piperazine rings is 1. The largest absolute Gasteiger partial charge is 0.323 e. The molecule has 132 valence electrons. The van der Waals surface area contributed by atoms with Gasteiger partial charge in [-0.05, 0) is 37.2 Å². The number of benzene rings is 2. The Labute approximate surface area is 154 Å². The third-order valence-electron chi connectivity index (χ3n) is 4.65. The zero-order chi connectivity index (χ0) is 17.8. The van der Waals surface area contributed by atoms with E-state index in [1.54, 1.807) is 0 Å². The number of hydrogen-bond acceptors (Lipinski definition) is 3. The molecule has 2 aromatic rings. The Morgan fingerprint density at radius 1 is 1.08 bits per heavy atom. The Morgan fingerprint density at radius 3 is 2.40 bits per heavy atom. The van der Waals surface area contributed by atoms with Crippen LogP contribution in [0.15, 0.2) is 48.5 Å². The van der Waals surface area contributed by atoms with Crippen molar-refractivity contribution >= 4 is 23.2 Å². The zero-order valence-corrected chi connectivity index (χ0v) is 15.5. The summed E-state index contributed by atoms with van der Waals surface area (Å²) in [5, 5.41) is 3.59. The molecular formula is C20H24ClN3O. The lowest BCUT2D eigenvalue weighted by atomic mass is 10.0. The summed E-state index contributed by atoms with van der Waals surface area (Å²) in [7, 11) is 2.11. The third-order valence-corrected chi connectivity index (χ3v) is 4.96. The summed E-state index contributed by atoms with van der Waals surface area (Å²) < 4.78 is 0. The average Bonchev–Trinajstić information content (AvgIpc) is 2.60. The number of likely N-dealkylation sites (N-methyl/N-ethyl adjacent to an activating group) is 1. The van der Waals surface area contributed by atoms with Gasteiger partial charge in [0.05, 0.1) is 10.7 Å². The van der Waals surface area contributed by atoms with Crippen LogP contribution in [0.2, 0.25) is 5.02 Å². The minimum absolute atomic E-state index is 0.0403. The number of nitrogens with one attached hydrogen (secondary N) is 1. The second kappa shape index (κ2) is 8.00. The quantitative estimate of drug-likeness (QED) is 0.908. The van der Waals surface area contributed by atoms with Gasteiger partial charge in [-0.15, -0.1) is 0 Å². The molecule has 4 nitrogen and oxygen atoms in total. The maximum Gasteiger partial charge on any atom is 0.246 e. The van der Waals surface area contributed by atoms with E-state index < -0.39 is 0 Å². The van der Waals surface area contributed by atoms with Gasteiger partial charge < -0.3 is 10.2 Å². The first-order chi connectivity index (χ1) is 12.0. The van der Waals surface area contributed by atoms with Crippen LogP contribution in [0.3, 0.4) is 0 Å². The Bertz CT molecular complexity index is 727. The van der Waals surface area contributed by atoms with Crippen molar-refractivity contribution in [3.63, 3.8) is 0 Å². The predicted octanol–water partition coefficient (Wildman–Crippen LogP) is 3.58. The molecule has 5 heteroatoms. The highest BCUT2D eigenvalue weighted by Gasteiger charge is 2.30. The summed E-state index contributed by atoms with van der Waals surface area (Å²) in [6.07, 6.45) is 0. The molecule has 25 heavy (non-hydrogen) atoms. The highest BCUT2D eigenvalue weighted by molar-refractivity contribution is 6.33. The SMILES string of the molecule is Cc1ccc(NC(=O)C(c2ccccc2)N2CCN(C)CC2)c(Cl)c1. The molecule has 0 saturated carbocycles. The molecular weight excluding hydrogens is 334 g/mol. The maximum absolute atomic E-state index is 13.1. The number of anilines is 1. The van der Waals surface area contributed by atoms with E-state index in [-0.39, 0.29) is 11.9 Å². The maximum atomic E-state index is 13.1. The van der Waals surface area contributed by atoms with Crippen LogP contribution in [0.4, 0.5) is 5.69 Å². The lowest BCUT2D eigenvalue weighted by molar-refractivity contribution is -0.122. The summed E-state index contributed by atoms with van der Waals surface area (Å²) >= 11 is 6.29. The lowest BCUT2D eigenvalue weighted by Gasteiger charge is -2.37. The van der Waals surface area contributed by atoms with E-state index in [2.05, 4.69) is 22.2 Å². The van der Waals surface area contributed by atoms with E-state index in [0.717, 1.165) is 37.3 Å². The Balaban J connectivity index is 1.84. The van der Waals surface area contributed by atoms with Crippen molar-refractivity contribution in [2.24, 2.45) is 0 Å². The van der Waals surface area contributed by atoms with Crippen LogP contribution in [0.1, 0.15) is 17.2 Å². The number of nitrogens with zero attached hydrogens (tertiary/aromatic N) is 2. The topological polar surface area (TPSA) is 35.6 Å². The second-order valence-electron chi connectivity index (χ2n) is 6.63. The summed E-state index contributed by atoms with van der Waals surface area (Å²) in [6.45, 7) is 5.63. The summed E-state index contributed by atoms with van der Waals surface area (Å²) in [6, 6.07) is 15.3. The number of aryl methyl sites for hydroxylation is 1. The first-order valence-electron chi connectivity index (χ1n) is 8.59. The van der Waals surface area contributed by atoms with Crippen molar-refractivity contribution in [3.8, 4) is 0 Å². The van der Waals surface area contributed by atoms with Crippen LogP contribution in [0, 0.1) is 6.92 Å². The van der Waals surface area contributed by atoms with Gasteiger partial charge in [0.25, 0.3) is 0 Å². The first kappa shape index (κ1) is 17.9. The molecule has 1 amide bonds. The van der Waals surface area contributed by atoms with Crippen LogP contribution < -0.4 is 5.32 Å². The summed E-state index contributed by atoms with van der Waals surface area (Å²) in [5.41, 5.74) is 2.74. The minimum atomic E-state index is -0.313. The summed E-state index contributed by atoms with van der Waals surface area (Å²) in [4.78, 5) is 17.6. The van der Waals surface area contributed by atoms with E-state index >= 15 is 0 Å². The molecule has 1 aliphatic rings. The van der Waals surface area contributed by atoms with E-state index in [0.29, 0.717) is 10.7 Å². The van der Waals surface area contributed by atoms with Gasteiger partial charge in [-0.2, -0.15) is 0 Å². The molecule has 1 fully saturated rings. The van der Waals surface area contributed by atoms with Gasteiger partial charge in [0.2, 0.25) is 5.91 Å².